The fraction of sp³-hybridized carbons (Fsp3) is 0.312. The van der Waals surface area contributed by atoms with Gasteiger partial charge in [0, 0.05) is 0 Å². The topological polar surface area (TPSA) is 18.5 Å². The molecule has 0 heterocycles. The predicted molar refractivity (Wildman–Crippen MR) is 149 cm³/mol. The molecule has 0 atom stereocenters. The van der Waals surface area contributed by atoms with Crippen molar-refractivity contribution in [3.05, 3.63) is 104 Å². The van der Waals surface area contributed by atoms with E-state index in [0.717, 1.165) is 11.5 Å². The minimum absolute atomic E-state index is 0.950. The molecular formula is C32H40O2. The molecule has 34 heavy (non-hydrogen) atoms. The van der Waals surface area contributed by atoms with Gasteiger partial charge < -0.3 is 9.47 Å². The number of hydrogen-bond acceptors (Lipinski definition) is 2. The molecule has 0 N–H and O–H groups in total. The van der Waals surface area contributed by atoms with Crippen LogP contribution in [-0.2, 0) is 0 Å². The van der Waals surface area contributed by atoms with Crippen LogP contribution in [0.4, 0.5) is 0 Å². The van der Waals surface area contributed by atoms with Crippen LogP contribution in [0.1, 0.15) is 58.4 Å². The smallest absolute Gasteiger partial charge is 0.122 e. The van der Waals surface area contributed by atoms with Gasteiger partial charge in [-0.1, -0.05) is 59.8 Å². The van der Waals surface area contributed by atoms with E-state index in [2.05, 4.69) is 116 Å². The Kier molecular flexibility index (Phi) is 9.74. The van der Waals surface area contributed by atoms with E-state index in [0.29, 0.717) is 0 Å². The summed E-state index contributed by atoms with van der Waals surface area (Å²) in [5.41, 5.74) is 12.3. The zero-order chi connectivity index (χ0) is 25.4. The quantitative estimate of drug-likeness (QED) is 0.370. The van der Waals surface area contributed by atoms with E-state index in [1.165, 1.54) is 55.7 Å². The molecule has 2 rings (SSSR count). The van der Waals surface area contributed by atoms with E-state index in [-0.39, 0.29) is 0 Å². The SMILES string of the molecule is COc1cc(C)c(/C=C/C(C)=C/C=C/C=C(C)/C=C/c2c(C)cc(OC)c(C)c2C)c(C)c1C. The summed E-state index contributed by atoms with van der Waals surface area (Å²) in [5.74, 6) is 1.90. The van der Waals surface area contributed by atoms with Gasteiger partial charge in [-0.15, -0.1) is 0 Å². The number of rotatable bonds is 8. The Morgan fingerprint density at radius 1 is 0.588 bits per heavy atom. The van der Waals surface area contributed by atoms with E-state index in [1.807, 2.05) is 0 Å². The van der Waals surface area contributed by atoms with Crippen LogP contribution in [0.5, 0.6) is 11.5 Å². The summed E-state index contributed by atoms with van der Waals surface area (Å²) >= 11 is 0. The van der Waals surface area contributed by atoms with Gasteiger partial charge in [0.2, 0.25) is 0 Å². The first kappa shape index (κ1) is 27.0. The first-order valence-corrected chi connectivity index (χ1v) is 11.8. The average Bonchev–Trinajstić information content (AvgIpc) is 2.81. The highest BCUT2D eigenvalue weighted by atomic mass is 16.5. The zero-order valence-electron chi connectivity index (χ0n) is 22.6. The molecular weight excluding hydrogens is 416 g/mol. The Labute approximate surface area is 207 Å². The van der Waals surface area contributed by atoms with E-state index in [1.54, 1.807) is 14.2 Å². The summed E-state index contributed by atoms with van der Waals surface area (Å²) in [6.07, 6.45) is 17.2. The van der Waals surface area contributed by atoms with Crippen molar-refractivity contribution in [2.24, 2.45) is 0 Å². The molecule has 0 saturated heterocycles. The second-order valence-corrected chi connectivity index (χ2v) is 8.99. The van der Waals surface area contributed by atoms with Crippen molar-refractivity contribution in [3.8, 4) is 11.5 Å². The van der Waals surface area contributed by atoms with Gasteiger partial charge in [-0.2, -0.15) is 0 Å². The van der Waals surface area contributed by atoms with Gasteiger partial charge in [0.1, 0.15) is 11.5 Å². The number of methoxy groups -OCH3 is 2. The summed E-state index contributed by atoms with van der Waals surface area (Å²) in [7, 11) is 3.45. The highest BCUT2D eigenvalue weighted by Crippen LogP contribution is 2.29. The molecule has 2 nitrogen and oxygen atoms in total. The Hall–Kier alpha value is -3.26. The lowest BCUT2D eigenvalue weighted by Gasteiger charge is -2.13. The molecule has 0 aliphatic heterocycles. The lowest BCUT2D eigenvalue weighted by molar-refractivity contribution is 0.411. The molecule has 0 radical (unpaired) electrons. The molecule has 0 aliphatic rings. The maximum absolute atomic E-state index is 5.48. The van der Waals surface area contributed by atoms with Gasteiger partial charge in [0.15, 0.2) is 0 Å². The van der Waals surface area contributed by atoms with Gasteiger partial charge in [-0.25, -0.2) is 0 Å². The summed E-state index contributed by atoms with van der Waals surface area (Å²) < 4.78 is 11.0. The molecule has 2 heteroatoms. The van der Waals surface area contributed by atoms with E-state index >= 15 is 0 Å². The van der Waals surface area contributed by atoms with Crippen molar-refractivity contribution in [1.29, 1.82) is 0 Å². The highest BCUT2D eigenvalue weighted by Gasteiger charge is 2.09. The summed E-state index contributed by atoms with van der Waals surface area (Å²) in [5, 5.41) is 0. The standard InChI is InChI=1S/C32H40O2/c1-21(15-17-29-23(3)19-31(33-9)27(7)25(29)5)13-11-12-14-22(2)16-18-30-24(4)20-32(34-10)28(8)26(30)6/h11-20H,1-10H3/b12-11+,17-15+,18-16+,21-13+,22-14+. The van der Waals surface area contributed by atoms with Crippen molar-refractivity contribution in [1.82, 2.24) is 0 Å². The van der Waals surface area contributed by atoms with Gasteiger partial charge in [0.05, 0.1) is 14.2 Å². The fourth-order valence-corrected chi connectivity index (χ4v) is 4.02. The Morgan fingerprint density at radius 2 is 0.941 bits per heavy atom. The summed E-state index contributed by atoms with van der Waals surface area (Å²) in [4.78, 5) is 0. The number of allylic oxidation sites excluding steroid dienone is 8. The van der Waals surface area contributed by atoms with Crippen molar-refractivity contribution >= 4 is 12.2 Å². The van der Waals surface area contributed by atoms with E-state index in [4.69, 9.17) is 9.47 Å². The molecule has 2 aromatic rings. The molecule has 0 aliphatic carbocycles. The Balaban J connectivity index is 2.11. The van der Waals surface area contributed by atoms with Crippen LogP contribution >= 0.6 is 0 Å². The molecule has 2 aromatic carbocycles. The summed E-state index contributed by atoms with van der Waals surface area (Å²) in [6.45, 7) is 17.0. The third-order valence-electron chi connectivity index (χ3n) is 6.51. The molecule has 0 bridgehead atoms. The molecule has 0 unspecified atom stereocenters. The normalized spacial score (nSPS) is 13.0. The van der Waals surface area contributed by atoms with E-state index < -0.39 is 0 Å². The average molecular weight is 457 g/mol. The number of benzene rings is 2. The van der Waals surface area contributed by atoms with Gasteiger partial charge in [0.25, 0.3) is 0 Å². The lowest BCUT2D eigenvalue weighted by atomic mass is 9.96. The van der Waals surface area contributed by atoms with Crippen LogP contribution in [-0.4, -0.2) is 14.2 Å². The number of aryl methyl sites for hydroxylation is 2. The minimum Gasteiger partial charge on any atom is -0.496 e. The molecule has 0 fully saturated rings. The van der Waals surface area contributed by atoms with Crippen molar-refractivity contribution < 1.29 is 9.47 Å². The van der Waals surface area contributed by atoms with Crippen molar-refractivity contribution in [3.63, 3.8) is 0 Å². The zero-order valence-corrected chi connectivity index (χ0v) is 22.6. The van der Waals surface area contributed by atoms with Crippen LogP contribution < -0.4 is 9.47 Å². The maximum Gasteiger partial charge on any atom is 0.122 e. The molecule has 0 amide bonds. The molecule has 0 saturated carbocycles. The first-order chi connectivity index (χ1) is 16.1. The van der Waals surface area contributed by atoms with Gasteiger partial charge in [-0.3, -0.25) is 0 Å². The van der Waals surface area contributed by atoms with Crippen LogP contribution in [0.25, 0.3) is 12.2 Å². The maximum atomic E-state index is 5.48. The highest BCUT2D eigenvalue weighted by molar-refractivity contribution is 5.65. The molecule has 180 valence electrons. The largest absolute Gasteiger partial charge is 0.496 e. The predicted octanol–water partition coefficient (Wildman–Crippen LogP) is 8.73. The lowest BCUT2D eigenvalue weighted by Crippen LogP contribution is -1.95. The van der Waals surface area contributed by atoms with Crippen molar-refractivity contribution in [2.45, 2.75) is 55.4 Å². The van der Waals surface area contributed by atoms with Gasteiger partial charge in [-0.05, 0) is 112 Å². The van der Waals surface area contributed by atoms with Crippen LogP contribution in [0.15, 0.2) is 59.7 Å². The fourth-order valence-electron chi connectivity index (χ4n) is 4.02. The number of ether oxygens (including phenoxy) is 2. The van der Waals surface area contributed by atoms with E-state index in [9.17, 15) is 0 Å². The second-order valence-electron chi connectivity index (χ2n) is 8.99. The minimum atomic E-state index is 0.950. The summed E-state index contributed by atoms with van der Waals surface area (Å²) in [6, 6.07) is 4.22. The van der Waals surface area contributed by atoms with Gasteiger partial charge >= 0.3 is 0 Å². The Bertz CT molecular complexity index is 1090. The van der Waals surface area contributed by atoms with Crippen LogP contribution in [0, 0.1) is 41.5 Å². The molecule has 0 aromatic heterocycles. The van der Waals surface area contributed by atoms with Crippen molar-refractivity contribution in [2.75, 3.05) is 14.2 Å². The van der Waals surface area contributed by atoms with Crippen LogP contribution in [0.2, 0.25) is 0 Å². The number of hydrogen-bond donors (Lipinski definition) is 0. The first-order valence-electron chi connectivity index (χ1n) is 11.8. The third-order valence-corrected chi connectivity index (χ3v) is 6.51. The molecule has 0 spiro atoms. The monoisotopic (exact) mass is 456 g/mol. The van der Waals surface area contributed by atoms with Crippen LogP contribution in [0.3, 0.4) is 0 Å². The second kappa shape index (κ2) is 12.3. The Morgan fingerprint density at radius 3 is 1.26 bits per heavy atom. The third kappa shape index (κ3) is 6.63.